The molecule has 2 heterocycles. The molecule has 1 fully saturated rings. The second kappa shape index (κ2) is 4.71. The minimum atomic E-state index is -0.522. The first-order valence-corrected chi connectivity index (χ1v) is 6.04. The Morgan fingerprint density at radius 3 is 2.74 bits per heavy atom. The van der Waals surface area contributed by atoms with Crippen molar-refractivity contribution in [3.05, 3.63) is 17.7 Å². The summed E-state index contributed by atoms with van der Waals surface area (Å²) in [4.78, 5) is 11.6. The second-order valence-electron chi connectivity index (χ2n) is 4.45. The fourth-order valence-corrected chi connectivity index (χ4v) is 2.45. The van der Waals surface area contributed by atoms with E-state index in [2.05, 4.69) is 0 Å². The van der Waals surface area contributed by atoms with Crippen LogP contribution in [-0.4, -0.2) is 37.7 Å². The van der Waals surface area contributed by atoms with Gasteiger partial charge in [0.2, 0.25) is 0 Å². The van der Waals surface area contributed by atoms with E-state index >= 15 is 0 Å². The average Bonchev–Trinajstić information content (AvgIpc) is 2.90. The molecule has 0 aromatic heterocycles. The summed E-state index contributed by atoms with van der Waals surface area (Å²) in [5, 5.41) is 10.1. The number of fused-ring (bicyclic) bond motifs is 1. The number of carbonyl (C=O) groups excluding carboxylic acids is 1. The van der Waals surface area contributed by atoms with Gasteiger partial charge in [-0.05, 0) is 0 Å². The number of benzene rings is 1. The first-order chi connectivity index (χ1) is 9.19. The Kier molecular flexibility index (Phi) is 3.04. The van der Waals surface area contributed by atoms with Crippen molar-refractivity contribution in [2.75, 3.05) is 20.3 Å². The van der Waals surface area contributed by atoms with E-state index in [9.17, 15) is 9.90 Å². The van der Waals surface area contributed by atoms with Crippen LogP contribution in [0.15, 0.2) is 12.1 Å². The van der Waals surface area contributed by atoms with E-state index < -0.39 is 6.29 Å². The van der Waals surface area contributed by atoms with Crippen LogP contribution in [0, 0.1) is 0 Å². The molecule has 6 nitrogen and oxygen atoms in total. The van der Waals surface area contributed by atoms with E-state index in [1.54, 1.807) is 6.07 Å². The van der Waals surface area contributed by atoms with Gasteiger partial charge in [-0.15, -0.1) is 0 Å². The van der Waals surface area contributed by atoms with Gasteiger partial charge in [0.25, 0.3) is 0 Å². The fourth-order valence-electron chi connectivity index (χ4n) is 2.45. The van der Waals surface area contributed by atoms with Gasteiger partial charge in [-0.2, -0.15) is 0 Å². The number of phenolic OH excluding ortho intramolecular Hbond substituents is 1. The van der Waals surface area contributed by atoms with Gasteiger partial charge in [-0.3, -0.25) is 4.79 Å². The normalized spacial score (nSPS) is 23.0. The zero-order valence-corrected chi connectivity index (χ0v) is 10.4. The lowest BCUT2D eigenvalue weighted by Crippen LogP contribution is -2.29. The van der Waals surface area contributed by atoms with Gasteiger partial charge in [0.15, 0.2) is 6.29 Å². The van der Waals surface area contributed by atoms with E-state index in [0.29, 0.717) is 30.3 Å². The van der Waals surface area contributed by atoms with Crippen molar-refractivity contribution in [1.29, 1.82) is 0 Å². The monoisotopic (exact) mass is 266 g/mol. The van der Waals surface area contributed by atoms with Crippen LogP contribution < -0.4 is 9.47 Å². The standard InChI is InChI=1S/C13H14O6/c1-16-7-4-9(14)12-8(13-17-2-3-18-13)6-11(15)19-10(12)5-7/h4-5,8,13-14H,2-3,6H2,1H3. The predicted octanol–water partition coefficient (Wildman–Crippen LogP) is 1.17. The van der Waals surface area contributed by atoms with Gasteiger partial charge in [0, 0.05) is 17.7 Å². The Bertz CT molecular complexity index is 506. The summed E-state index contributed by atoms with van der Waals surface area (Å²) >= 11 is 0. The molecule has 1 atom stereocenters. The quantitative estimate of drug-likeness (QED) is 0.639. The molecule has 102 valence electrons. The molecule has 0 amide bonds. The molecule has 1 N–H and O–H groups in total. The highest BCUT2D eigenvalue weighted by molar-refractivity contribution is 5.78. The molecule has 3 rings (SSSR count). The van der Waals surface area contributed by atoms with Crippen LogP contribution >= 0.6 is 0 Å². The molecule has 1 unspecified atom stereocenters. The Balaban J connectivity index is 2.04. The molecule has 19 heavy (non-hydrogen) atoms. The number of rotatable bonds is 2. The van der Waals surface area contributed by atoms with Crippen molar-refractivity contribution in [3.63, 3.8) is 0 Å². The number of phenols is 1. The first-order valence-electron chi connectivity index (χ1n) is 6.04. The molecule has 1 saturated heterocycles. The molecule has 1 aromatic rings. The van der Waals surface area contributed by atoms with E-state index in [0.717, 1.165) is 0 Å². The zero-order valence-electron chi connectivity index (χ0n) is 10.4. The number of methoxy groups -OCH3 is 1. The van der Waals surface area contributed by atoms with Crippen molar-refractivity contribution in [2.24, 2.45) is 0 Å². The maximum Gasteiger partial charge on any atom is 0.312 e. The van der Waals surface area contributed by atoms with E-state index in [1.807, 2.05) is 0 Å². The largest absolute Gasteiger partial charge is 0.507 e. The molecule has 6 heteroatoms. The smallest absolute Gasteiger partial charge is 0.312 e. The van der Waals surface area contributed by atoms with Crippen LogP contribution in [0.1, 0.15) is 17.9 Å². The summed E-state index contributed by atoms with van der Waals surface area (Å²) in [6, 6.07) is 3.06. The lowest BCUT2D eigenvalue weighted by Gasteiger charge is -2.28. The van der Waals surface area contributed by atoms with Gasteiger partial charge in [-0.25, -0.2) is 0 Å². The summed E-state index contributed by atoms with van der Waals surface area (Å²) in [7, 11) is 1.48. The molecule has 0 aliphatic carbocycles. The summed E-state index contributed by atoms with van der Waals surface area (Å²) in [6.07, 6.45) is -0.400. The van der Waals surface area contributed by atoms with Crippen molar-refractivity contribution < 1.29 is 28.8 Å². The molecule has 0 saturated carbocycles. The Labute approximate surface area is 109 Å². The van der Waals surface area contributed by atoms with Crippen LogP contribution in [0.25, 0.3) is 0 Å². The average molecular weight is 266 g/mol. The van der Waals surface area contributed by atoms with Crippen LogP contribution in [0.4, 0.5) is 0 Å². The molecule has 0 radical (unpaired) electrons. The minimum absolute atomic E-state index is 0.0194. The highest BCUT2D eigenvalue weighted by Gasteiger charge is 2.38. The Morgan fingerprint density at radius 2 is 2.05 bits per heavy atom. The molecule has 2 aliphatic heterocycles. The molecular formula is C13H14O6. The van der Waals surface area contributed by atoms with Crippen molar-refractivity contribution >= 4 is 5.97 Å². The van der Waals surface area contributed by atoms with Crippen LogP contribution in [-0.2, 0) is 14.3 Å². The van der Waals surface area contributed by atoms with Gasteiger partial charge in [-0.1, -0.05) is 0 Å². The van der Waals surface area contributed by atoms with E-state index in [-0.39, 0.29) is 24.1 Å². The number of hydrogen-bond donors (Lipinski definition) is 1. The third-order valence-corrected chi connectivity index (χ3v) is 3.29. The summed E-state index contributed by atoms with van der Waals surface area (Å²) in [6.45, 7) is 0.977. The number of aromatic hydroxyl groups is 1. The second-order valence-corrected chi connectivity index (χ2v) is 4.45. The first kappa shape index (κ1) is 12.3. The van der Waals surface area contributed by atoms with Gasteiger partial charge in [0.1, 0.15) is 17.2 Å². The van der Waals surface area contributed by atoms with Gasteiger partial charge < -0.3 is 24.1 Å². The lowest BCUT2D eigenvalue weighted by atomic mass is 9.91. The summed E-state index contributed by atoms with van der Waals surface area (Å²) < 4.78 is 21.1. The van der Waals surface area contributed by atoms with Crippen LogP contribution in [0.2, 0.25) is 0 Å². The van der Waals surface area contributed by atoms with E-state index in [1.165, 1.54) is 13.2 Å². The van der Waals surface area contributed by atoms with Crippen molar-refractivity contribution in [1.82, 2.24) is 0 Å². The maximum atomic E-state index is 11.6. The molecule has 0 bridgehead atoms. The van der Waals surface area contributed by atoms with Crippen molar-refractivity contribution in [3.8, 4) is 17.2 Å². The molecule has 1 aromatic carbocycles. The maximum absolute atomic E-state index is 11.6. The lowest BCUT2D eigenvalue weighted by molar-refractivity contribution is -0.140. The highest BCUT2D eigenvalue weighted by atomic mass is 16.7. The van der Waals surface area contributed by atoms with Crippen molar-refractivity contribution in [2.45, 2.75) is 18.6 Å². The summed E-state index contributed by atoms with van der Waals surface area (Å²) in [5.74, 6) is 0.0232. The summed E-state index contributed by atoms with van der Waals surface area (Å²) in [5.41, 5.74) is 0.535. The zero-order chi connectivity index (χ0) is 13.4. The SMILES string of the molecule is COc1cc(O)c2c(c1)OC(=O)CC2C1OCCO1. The Hall–Kier alpha value is -1.79. The Morgan fingerprint density at radius 1 is 1.32 bits per heavy atom. The number of esters is 1. The fraction of sp³-hybridized carbons (Fsp3) is 0.462. The number of hydrogen-bond acceptors (Lipinski definition) is 6. The number of carbonyl (C=O) groups is 1. The third kappa shape index (κ3) is 2.13. The molecule has 2 aliphatic rings. The molecule has 0 spiro atoms. The van der Waals surface area contributed by atoms with Crippen LogP contribution in [0.5, 0.6) is 17.2 Å². The molecular weight excluding hydrogens is 252 g/mol. The minimum Gasteiger partial charge on any atom is -0.507 e. The van der Waals surface area contributed by atoms with Gasteiger partial charge in [0.05, 0.1) is 32.7 Å². The number of ether oxygens (including phenoxy) is 4. The topological polar surface area (TPSA) is 74.2 Å². The third-order valence-electron chi connectivity index (χ3n) is 3.29. The van der Waals surface area contributed by atoms with E-state index in [4.69, 9.17) is 18.9 Å². The highest BCUT2D eigenvalue weighted by Crippen LogP contribution is 2.45. The van der Waals surface area contributed by atoms with Gasteiger partial charge >= 0.3 is 5.97 Å². The van der Waals surface area contributed by atoms with Crippen LogP contribution in [0.3, 0.4) is 0 Å². The predicted molar refractivity (Wildman–Crippen MR) is 63.3 cm³/mol.